The van der Waals surface area contributed by atoms with E-state index in [1.807, 2.05) is 42.6 Å². The van der Waals surface area contributed by atoms with Crippen LogP contribution < -0.4 is 10.9 Å². The van der Waals surface area contributed by atoms with E-state index in [-0.39, 0.29) is 24.6 Å². The average Bonchev–Trinajstić information content (AvgIpc) is 3.44. The maximum atomic E-state index is 12.3. The number of aromatic nitrogens is 3. The molecule has 9 heteroatoms. The van der Waals surface area contributed by atoms with Crippen molar-refractivity contribution in [3.05, 3.63) is 86.6 Å². The highest BCUT2D eigenvalue weighted by molar-refractivity contribution is 7.23. The summed E-state index contributed by atoms with van der Waals surface area (Å²) in [7, 11) is 0. The van der Waals surface area contributed by atoms with Gasteiger partial charge in [0.1, 0.15) is 10.7 Å². The molecule has 0 fully saturated rings. The van der Waals surface area contributed by atoms with Crippen LogP contribution in [0.5, 0.6) is 0 Å². The van der Waals surface area contributed by atoms with Crippen LogP contribution in [0.3, 0.4) is 0 Å². The molecule has 0 unspecified atom stereocenters. The third-order valence-electron chi connectivity index (χ3n) is 4.57. The second-order valence-corrected chi connectivity index (χ2v) is 9.19. The van der Waals surface area contributed by atoms with E-state index in [9.17, 15) is 9.59 Å². The minimum absolute atomic E-state index is 0.227. The predicted octanol–water partition coefficient (Wildman–Crippen LogP) is 4.89. The topological polar surface area (TPSA) is 76.9 Å². The van der Waals surface area contributed by atoms with Crippen molar-refractivity contribution >= 4 is 46.3 Å². The van der Waals surface area contributed by atoms with Crippen molar-refractivity contribution in [3.8, 4) is 20.5 Å². The summed E-state index contributed by atoms with van der Waals surface area (Å²) in [5.74, 6) is -0.270. The standard InChI is InChI=1S/C23H19ClN4O2S2/c1-15-22(32-23(26-15)19-7-4-14-31-19)18-9-11-21(30)28(27-18)13-12-25-20(29)10-8-16-5-2-3-6-17(16)24/h2-11,14H,12-13H2,1H3,(H,25,29)/b10-8+. The van der Waals surface area contributed by atoms with E-state index >= 15 is 0 Å². The normalized spacial score (nSPS) is 11.2. The number of benzene rings is 1. The SMILES string of the molecule is Cc1nc(-c2cccs2)sc1-c1ccc(=O)n(CCNC(=O)/C=C/c2ccccc2Cl)n1. The Balaban J connectivity index is 1.42. The number of carbonyl (C=O) groups is 1. The third kappa shape index (κ3) is 5.21. The third-order valence-corrected chi connectivity index (χ3v) is 7.13. The lowest BCUT2D eigenvalue weighted by atomic mass is 10.2. The molecule has 0 radical (unpaired) electrons. The Kier molecular flexibility index (Phi) is 6.94. The molecule has 0 spiro atoms. The van der Waals surface area contributed by atoms with E-state index in [1.165, 1.54) is 16.8 Å². The number of amides is 1. The van der Waals surface area contributed by atoms with Crippen LogP contribution in [0, 0.1) is 6.92 Å². The van der Waals surface area contributed by atoms with Gasteiger partial charge in [-0.1, -0.05) is 35.9 Å². The molecular weight excluding hydrogens is 464 g/mol. The van der Waals surface area contributed by atoms with E-state index in [0.29, 0.717) is 10.7 Å². The number of thiophene rings is 1. The second-order valence-electron chi connectivity index (χ2n) is 6.84. The van der Waals surface area contributed by atoms with Crippen molar-refractivity contribution in [1.29, 1.82) is 0 Å². The van der Waals surface area contributed by atoms with Crippen LogP contribution in [0.2, 0.25) is 5.02 Å². The maximum Gasteiger partial charge on any atom is 0.266 e. The van der Waals surface area contributed by atoms with E-state index in [2.05, 4.69) is 15.4 Å². The first-order chi connectivity index (χ1) is 15.5. The zero-order chi connectivity index (χ0) is 22.5. The van der Waals surface area contributed by atoms with Gasteiger partial charge in [0.05, 0.1) is 22.0 Å². The van der Waals surface area contributed by atoms with Crippen LogP contribution >= 0.6 is 34.3 Å². The van der Waals surface area contributed by atoms with Crippen molar-refractivity contribution in [2.75, 3.05) is 6.54 Å². The summed E-state index contributed by atoms with van der Waals surface area (Å²) in [6, 6.07) is 14.5. The molecule has 0 saturated carbocycles. The Hall–Kier alpha value is -3.07. The summed E-state index contributed by atoms with van der Waals surface area (Å²) < 4.78 is 1.36. The number of carbonyl (C=O) groups excluding carboxylic acids is 1. The summed E-state index contributed by atoms with van der Waals surface area (Å²) in [6.07, 6.45) is 3.07. The number of aryl methyl sites for hydroxylation is 1. The molecule has 1 N–H and O–H groups in total. The van der Waals surface area contributed by atoms with Gasteiger partial charge >= 0.3 is 0 Å². The molecule has 1 amide bonds. The van der Waals surface area contributed by atoms with Crippen LogP contribution in [-0.4, -0.2) is 27.2 Å². The number of hydrogen-bond donors (Lipinski definition) is 1. The van der Waals surface area contributed by atoms with Gasteiger partial charge in [-0.25, -0.2) is 9.67 Å². The maximum absolute atomic E-state index is 12.3. The molecule has 4 aromatic rings. The highest BCUT2D eigenvalue weighted by Gasteiger charge is 2.14. The minimum atomic E-state index is -0.270. The average molecular weight is 483 g/mol. The number of halogens is 1. The lowest BCUT2D eigenvalue weighted by Crippen LogP contribution is -2.31. The summed E-state index contributed by atoms with van der Waals surface area (Å²) in [5, 5.41) is 10.8. The molecule has 3 aromatic heterocycles. The van der Waals surface area contributed by atoms with Gasteiger partial charge in [-0.05, 0) is 42.1 Å². The van der Waals surface area contributed by atoms with Crippen LogP contribution in [0.25, 0.3) is 26.5 Å². The Morgan fingerprint density at radius 1 is 1.19 bits per heavy atom. The number of hydrogen-bond acceptors (Lipinski definition) is 6. The number of nitrogens with zero attached hydrogens (tertiary/aromatic N) is 3. The van der Waals surface area contributed by atoms with Crippen molar-refractivity contribution in [3.63, 3.8) is 0 Å². The van der Waals surface area contributed by atoms with Gasteiger partial charge in [-0.2, -0.15) is 5.10 Å². The van der Waals surface area contributed by atoms with E-state index < -0.39 is 0 Å². The molecule has 162 valence electrons. The number of thiazole rings is 1. The lowest BCUT2D eigenvalue weighted by molar-refractivity contribution is -0.116. The van der Waals surface area contributed by atoms with Gasteiger partial charge in [0, 0.05) is 23.7 Å². The molecule has 32 heavy (non-hydrogen) atoms. The molecular formula is C23H19ClN4O2S2. The first kappa shape index (κ1) is 22.1. The Morgan fingerprint density at radius 2 is 2.03 bits per heavy atom. The molecule has 0 saturated heterocycles. The van der Waals surface area contributed by atoms with Crippen molar-refractivity contribution in [2.24, 2.45) is 0 Å². The summed E-state index contributed by atoms with van der Waals surface area (Å²) in [5.41, 5.74) is 2.09. The van der Waals surface area contributed by atoms with Crippen LogP contribution in [-0.2, 0) is 11.3 Å². The van der Waals surface area contributed by atoms with Gasteiger partial charge in [0.2, 0.25) is 5.91 Å². The smallest absolute Gasteiger partial charge is 0.266 e. The van der Waals surface area contributed by atoms with E-state index in [0.717, 1.165) is 26.0 Å². The van der Waals surface area contributed by atoms with E-state index in [4.69, 9.17) is 11.6 Å². The fourth-order valence-corrected chi connectivity index (χ4v) is 5.02. The largest absolute Gasteiger partial charge is 0.351 e. The zero-order valence-electron chi connectivity index (χ0n) is 17.1. The van der Waals surface area contributed by atoms with Gasteiger partial charge in [0.15, 0.2) is 0 Å². The molecule has 6 nitrogen and oxygen atoms in total. The Bertz CT molecular complexity index is 1330. The first-order valence-electron chi connectivity index (χ1n) is 9.81. The van der Waals surface area contributed by atoms with Crippen LogP contribution in [0.4, 0.5) is 0 Å². The molecule has 1 aromatic carbocycles. The lowest BCUT2D eigenvalue weighted by Gasteiger charge is -2.07. The second kappa shape index (κ2) is 10.0. The van der Waals surface area contributed by atoms with E-state index in [1.54, 1.807) is 40.9 Å². The molecule has 0 aliphatic carbocycles. The zero-order valence-corrected chi connectivity index (χ0v) is 19.5. The molecule has 0 aliphatic rings. The Labute approximate surface area is 197 Å². The first-order valence-corrected chi connectivity index (χ1v) is 11.9. The summed E-state index contributed by atoms with van der Waals surface area (Å²) >= 11 is 9.27. The van der Waals surface area contributed by atoms with Gasteiger partial charge in [-0.15, -0.1) is 22.7 Å². The van der Waals surface area contributed by atoms with Gasteiger partial charge in [0.25, 0.3) is 5.56 Å². The Morgan fingerprint density at radius 3 is 2.81 bits per heavy atom. The van der Waals surface area contributed by atoms with Gasteiger partial charge < -0.3 is 5.32 Å². The molecule has 0 bridgehead atoms. The highest BCUT2D eigenvalue weighted by Crippen LogP contribution is 2.35. The van der Waals surface area contributed by atoms with Crippen molar-refractivity contribution in [1.82, 2.24) is 20.1 Å². The monoisotopic (exact) mass is 482 g/mol. The van der Waals surface area contributed by atoms with Crippen LogP contribution in [0.1, 0.15) is 11.3 Å². The molecule has 3 heterocycles. The summed E-state index contributed by atoms with van der Waals surface area (Å²) in [6.45, 7) is 2.46. The predicted molar refractivity (Wildman–Crippen MR) is 131 cm³/mol. The molecule has 0 atom stereocenters. The quantitative estimate of drug-likeness (QED) is 0.380. The molecule has 4 rings (SSSR count). The summed E-state index contributed by atoms with van der Waals surface area (Å²) in [4.78, 5) is 31.0. The number of nitrogens with one attached hydrogen (secondary N) is 1. The van der Waals surface area contributed by atoms with Crippen LogP contribution in [0.15, 0.2) is 64.8 Å². The highest BCUT2D eigenvalue weighted by atomic mass is 35.5. The van der Waals surface area contributed by atoms with Crippen molar-refractivity contribution < 1.29 is 4.79 Å². The fourth-order valence-electron chi connectivity index (χ4n) is 2.99. The van der Waals surface area contributed by atoms with Gasteiger partial charge in [-0.3, -0.25) is 9.59 Å². The minimum Gasteiger partial charge on any atom is -0.351 e. The molecule has 0 aliphatic heterocycles. The van der Waals surface area contributed by atoms with Crippen molar-refractivity contribution in [2.45, 2.75) is 13.5 Å². The number of rotatable bonds is 7. The fraction of sp³-hybridized carbons (Fsp3) is 0.130.